The third-order valence-electron chi connectivity index (χ3n) is 6.48. The summed E-state index contributed by atoms with van der Waals surface area (Å²) in [7, 11) is 0. The van der Waals surface area contributed by atoms with Gasteiger partial charge in [-0.3, -0.25) is 0 Å². The van der Waals surface area contributed by atoms with E-state index in [9.17, 15) is 0 Å². The van der Waals surface area contributed by atoms with Gasteiger partial charge in [0.15, 0.2) is 0 Å². The van der Waals surface area contributed by atoms with Crippen molar-refractivity contribution in [2.45, 2.75) is 113 Å². The van der Waals surface area contributed by atoms with Crippen LogP contribution in [0.25, 0.3) is 0 Å². The van der Waals surface area contributed by atoms with E-state index >= 15 is 0 Å². The lowest BCUT2D eigenvalue weighted by atomic mass is 9.75. The van der Waals surface area contributed by atoms with E-state index in [-0.39, 0.29) is 10.8 Å². The fraction of sp³-hybridized carbons (Fsp3) is 0.778. The van der Waals surface area contributed by atoms with Crippen LogP contribution in [-0.2, 0) is 10.8 Å². The number of rotatable bonds is 0. The van der Waals surface area contributed by atoms with Gasteiger partial charge in [-0.15, -0.1) is 0 Å². The van der Waals surface area contributed by atoms with E-state index in [0.717, 1.165) is 11.8 Å². The van der Waals surface area contributed by atoms with Crippen molar-refractivity contribution < 1.29 is 0 Å². The van der Waals surface area contributed by atoms with Gasteiger partial charge in [-0.25, -0.2) is 0 Å². The molecule has 0 aromatic heterocycles. The van der Waals surface area contributed by atoms with Crippen LogP contribution in [0.4, 0.5) is 0 Å². The maximum atomic E-state index is 2.39. The topological polar surface area (TPSA) is 0 Å². The number of benzene rings is 1. The summed E-state index contributed by atoms with van der Waals surface area (Å²) in [6.07, 6.45) is 4.35. The Morgan fingerprint density at radius 3 is 1.15 bits per heavy atom. The van der Waals surface area contributed by atoms with Gasteiger partial charge in [0.25, 0.3) is 0 Å². The predicted octanol–water partition coefficient (Wildman–Crippen LogP) is 8.78. The molecule has 0 nitrogen and oxygen atoms in total. The molecule has 0 amide bonds. The minimum atomic E-state index is 0.251. The van der Waals surface area contributed by atoms with E-state index in [0.29, 0.717) is 10.8 Å². The standard InChI is InChI=1S/C14H22.C13H26/c1-13(2,3)11-8-7-9-12(10-11)14(4,5)6;1-12(2,3)10-7-8-11(9-10)13(4,5)6/h7-10H,1-6H3;10-11H,7-9H2,1-6H3. The van der Waals surface area contributed by atoms with E-state index in [1.807, 2.05) is 0 Å². The fourth-order valence-corrected chi connectivity index (χ4v) is 4.01. The van der Waals surface area contributed by atoms with Crippen molar-refractivity contribution in [1.82, 2.24) is 0 Å². The van der Waals surface area contributed by atoms with E-state index in [4.69, 9.17) is 0 Å². The molecule has 0 N–H and O–H groups in total. The molecule has 0 spiro atoms. The lowest BCUT2D eigenvalue weighted by molar-refractivity contribution is 0.197. The van der Waals surface area contributed by atoms with Gasteiger partial charge in [0.05, 0.1) is 0 Å². The van der Waals surface area contributed by atoms with Crippen LogP contribution in [0.15, 0.2) is 24.3 Å². The highest BCUT2D eigenvalue weighted by atomic mass is 14.4. The van der Waals surface area contributed by atoms with Crippen molar-refractivity contribution in [3.63, 3.8) is 0 Å². The molecule has 1 fully saturated rings. The Morgan fingerprint density at radius 1 is 0.593 bits per heavy atom. The molecule has 1 aromatic carbocycles. The zero-order valence-electron chi connectivity index (χ0n) is 20.6. The molecular formula is C27H48. The smallest absolute Gasteiger partial charge is 0.0132 e. The van der Waals surface area contributed by atoms with E-state index in [1.54, 1.807) is 0 Å². The average Bonchev–Trinajstić information content (AvgIpc) is 2.96. The molecule has 0 saturated heterocycles. The largest absolute Gasteiger partial charge is 0.0617 e. The first-order chi connectivity index (χ1) is 11.9. The zero-order valence-corrected chi connectivity index (χ0v) is 20.6. The van der Waals surface area contributed by atoms with E-state index in [2.05, 4.69) is 107 Å². The summed E-state index contributed by atoms with van der Waals surface area (Å²) in [4.78, 5) is 0. The molecule has 1 aromatic rings. The van der Waals surface area contributed by atoms with Crippen LogP contribution in [0.2, 0.25) is 0 Å². The van der Waals surface area contributed by atoms with Crippen molar-refractivity contribution in [2.75, 3.05) is 0 Å². The molecule has 156 valence electrons. The van der Waals surface area contributed by atoms with Crippen molar-refractivity contribution in [3.05, 3.63) is 35.4 Å². The van der Waals surface area contributed by atoms with Gasteiger partial charge in [0, 0.05) is 0 Å². The first-order valence-electron chi connectivity index (χ1n) is 11.0. The van der Waals surface area contributed by atoms with Gasteiger partial charge in [-0.2, -0.15) is 0 Å². The maximum absolute atomic E-state index is 2.39. The van der Waals surface area contributed by atoms with Crippen LogP contribution in [0, 0.1) is 22.7 Å². The number of hydrogen-bond donors (Lipinski definition) is 0. The van der Waals surface area contributed by atoms with Gasteiger partial charge >= 0.3 is 0 Å². The summed E-state index contributed by atoms with van der Waals surface area (Å²) in [5.41, 5.74) is 4.40. The Hall–Kier alpha value is -0.780. The summed E-state index contributed by atoms with van der Waals surface area (Å²) >= 11 is 0. The molecule has 0 aliphatic heterocycles. The highest BCUT2D eigenvalue weighted by Crippen LogP contribution is 2.48. The molecule has 1 aliphatic rings. The lowest BCUT2D eigenvalue weighted by Gasteiger charge is -2.30. The van der Waals surface area contributed by atoms with Crippen LogP contribution >= 0.6 is 0 Å². The molecule has 0 radical (unpaired) electrons. The Bertz CT molecular complexity index is 529. The van der Waals surface area contributed by atoms with Crippen LogP contribution in [0.1, 0.15) is 113 Å². The molecule has 1 aliphatic carbocycles. The summed E-state index contributed by atoms with van der Waals surface area (Å²) in [6.45, 7) is 27.9. The molecule has 2 atom stereocenters. The van der Waals surface area contributed by atoms with Crippen molar-refractivity contribution in [3.8, 4) is 0 Å². The SMILES string of the molecule is CC(C)(C)C1CCC(C(C)(C)C)C1.CC(C)(C)c1cccc(C(C)(C)C)c1. The Morgan fingerprint density at radius 2 is 0.926 bits per heavy atom. The Labute approximate surface area is 171 Å². The second-order valence-electron chi connectivity index (χ2n) is 13.0. The number of hydrogen-bond acceptors (Lipinski definition) is 0. The predicted molar refractivity (Wildman–Crippen MR) is 124 cm³/mol. The van der Waals surface area contributed by atoms with Crippen LogP contribution < -0.4 is 0 Å². The molecule has 0 heterocycles. The minimum Gasteiger partial charge on any atom is -0.0617 e. The van der Waals surface area contributed by atoms with Gasteiger partial charge in [0.2, 0.25) is 0 Å². The van der Waals surface area contributed by atoms with Crippen LogP contribution in [0.5, 0.6) is 0 Å². The first-order valence-corrected chi connectivity index (χ1v) is 11.0. The van der Waals surface area contributed by atoms with Gasteiger partial charge in [0.1, 0.15) is 0 Å². The van der Waals surface area contributed by atoms with Crippen molar-refractivity contribution >= 4 is 0 Å². The normalized spacial score (nSPS) is 21.6. The van der Waals surface area contributed by atoms with Gasteiger partial charge in [-0.1, -0.05) is 107 Å². The highest BCUT2D eigenvalue weighted by molar-refractivity contribution is 5.32. The van der Waals surface area contributed by atoms with Crippen LogP contribution in [-0.4, -0.2) is 0 Å². The summed E-state index contributed by atoms with van der Waals surface area (Å²) in [5, 5.41) is 0. The fourth-order valence-electron chi connectivity index (χ4n) is 4.01. The molecule has 2 rings (SSSR count). The van der Waals surface area contributed by atoms with Gasteiger partial charge < -0.3 is 0 Å². The van der Waals surface area contributed by atoms with Crippen molar-refractivity contribution in [1.29, 1.82) is 0 Å². The summed E-state index contributed by atoms with van der Waals surface area (Å²) < 4.78 is 0. The average molecular weight is 373 g/mol. The zero-order chi connectivity index (χ0) is 21.3. The van der Waals surface area contributed by atoms with E-state index < -0.39 is 0 Å². The molecule has 1 saturated carbocycles. The summed E-state index contributed by atoms with van der Waals surface area (Å²) in [5.74, 6) is 1.91. The minimum absolute atomic E-state index is 0.251. The molecule has 2 unspecified atom stereocenters. The third-order valence-corrected chi connectivity index (χ3v) is 6.48. The van der Waals surface area contributed by atoms with Crippen molar-refractivity contribution in [2.24, 2.45) is 22.7 Å². The molecular weight excluding hydrogens is 324 g/mol. The van der Waals surface area contributed by atoms with Crippen LogP contribution in [0.3, 0.4) is 0 Å². The third kappa shape index (κ3) is 7.63. The first kappa shape index (κ1) is 24.3. The Kier molecular flexibility index (Phi) is 7.46. The van der Waals surface area contributed by atoms with Gasteiger partial charge in [-0.05, 0) is 63.9 Å². The summed E-state index contributed by atoms with van der Waals surface area (Å²) in [6, 6.07) is 8.94. The maximum Gasteiger partial charge on any atom is -0.0132 e. The highest BCUT2D eigenvalue weighted by Gasteiger charge is 2.37. The molecule has 27 heavy (non-hydrogen) atoms. The molecule has 0 bridgehead atoms. The van der Waals surface area contributed by atoms with E-state index in [1.165, 1.54) is 30.4 Å². The monoisotopic (exact) mass is 372 g/mol. The quantitative estimate of drug-likeness (QED) is 0.427. The molecule has 0 heteroatoms. The Balaban J connectivity index is 0.000000271. The second kappa shape index (κ2) is 8.30. The lowest BCUT2D eigenvalue weighted by Crippen LogP contribution is -2.21. The second-order valence-corrected chi connectivity index (χ2v) is 13.0.